The number of aliphatic hydroxyl groups is 3. The highest BCUT2D eigenvalue weighted by Crippen LogP contribution is 2.52. The fourth-order valence-electron chi connectivity index (χ4n) is 5.64. The summed E-state index contributed by atoms with van der Waals surface area (Å²) in [5.74, 6) is -0.556. The number of carbonyl (C=O) groups excluding carboxylic acids is 3. The van der Waals surface area contributed by atoms with Crippen molar-refractivity contribution >= 4 is 23.2 Å². The molecule has 0 heterocycles. The Morgan fingerprint density at radius 3 is 2.51 bits per heavy atom. The van der Waals surface area contributed by atoms with Crippen molar-refractivity contribution in [2.24, 2.45) is 17.6 Å². The second kappa shape index (κ2) is 8.56. The molecule has 4 atom stereocenters. The van der Waals surface area contributed by atoms with E-state index in [1.807, 2.05) is 6.92 Å². The van der Waals surface area contributed by atoms with E-state index in [1.165, 1.54) is 11.0 Å². The fourth-order valence-corrected chi connectivity index (χ4v) is 5.64. The van der Waals surface area contributed by atoms with E-state index in [1.54, 1.807) is 20.2 Å². The first-order valence-electron chi connectivity index (χ1n) is 11.4. The smallest absolute Gasteiger partial charge is 0.255 e. The molecule has 6 N–H and O–H groups in total. The lowest BCUT2D eigenvalue weighted by Crippen LogP contribution is -2.65. The number of unbranched alkanes of at least 4 members (excludes halogenated alkanes) is 1. The molecule has 35 heavy (non-hydrogen) atoms. The van der Waals surface area contributed by atoms with Crippen molar-refractivity contribution in [1.29, 1.82) is 0 Å². The SMILES string of the molecule is CCCC#Cc1ccc(O)c2c1CC1CC3C(N(C)C)C(=O)C(C(N)=O)=C(O)C3(O)C(=O)C1=C2O. The number of phenols is 1. The summed E-state index contributed by atoms with van der Waals surface area (Å²) < 4.78 is 0. The number of aromatic hydroxyl groups is 1. The van der Waals surface area contributed by atoms with Gasteiger partial charge in [0.05, 0.1) is 11.6 Å². The van der Waals surface area contributed by atoms with Crippen LogP contribution in [0.4, 0.5) is 0 Å². The number of amides is 1. The summed E-state index contributed by atoms with van der Waals surface area (Å²) in [6.07, 6.45) is 1.80. The molecule has 4 unspecified atom stereocenters. The lowest BCUT2D eigenvalue weighted by Gasteiger charge is -2.50. The predicted molar refractivity (Wildman–Crippen MR) is 126 cm³/mol. The number of nitrogens with two attached hydrogens (primary N) is 1. The second-order valence-electron chi connectivity index (χ2n) is 9.50. The number of primary amides is 1. The quantitative estimate of drug-likeness (QED) is 0.318. The average molecular weight is 481 g/mol. The molecule has 9 nitrogen and oxygen atoms in total. The fraction of sp³-hybridized carbons (Fsp3) is 0.423. The van der Waals surface area contributed by atoms with Crippen molar-refractivity contribution in [1.82, 2.24) is 4.90 Å². The number of fused-ring (bicyclic) bond motifs is 3. The highest BCUT2D eigenvalue weighted by atomic mass is 16.3. The Balaban J connectivity index is 1.95. The second-order valence-corrected chi connectivity index (χ2v) is 9.50. The molecule has 3 aliphatic rings. The minimum Gasteiger partial charge on any atom is -0.508 e. The molecule has 0 aromatic heterocycles. The van der Waals surface area contributed by atoms with Crippen molar-refractivity contribution in [3.05, 3.63) is 45.7 Å². The average Bonchev–Trinajstić information content (AvgIpc) is 2.77. The molecule has 0 bridgehead atoms. The van der Waals surface area contributed by atoms with Gasteiger partial charge in [0, 0.05) is 23.5 Å². The van der Waals surface area contributed by atoms with Crippen LogP contribution in [0.3, 0.4) is 0 Å². The van der Waals surface area contributed by atoms with Crippen molar-refractivity contribution in [3.8, 4) is 17.6 Å². The Labute approximate surface area is 202 Å². The van der Waals surface area contributed by atoms with Gasteiger partial charge in [0.15, 0.2) is 11.4 Å². The molecular formula is C26H28N2O7. The van der Waals surface area contributed by atoms with Crippen molar-refractivity contribution in [2.75, 3.05) is 14.1 Å². The largest absolute Gasteiger partial charge is 0.508 e. The summed E-state index contributed by atoms with van der Waals surface area (Å²) in [7, 11) is 3.12. The Bertz CT molecular complexity index is 1280. The van der Waals surface area contributed by atoms with Gasteiger partial charge in [-0.15, -0.1) is 0 Å². The van der Waals surface area contributed by atoms with Gasteiger partial charge in [0.25, 0.3) is 5.91 Å². The van der Waals surface area contributed by atoms with Crippen molar-refractivity contribution in [2.45, 2.75) is 44.2 Å². The molecule has 4 rings (SSSR count). The van der Waals surface area contributed by atoms with Crippen LogP contribution in [0.2, 0.25) is 0 Å². The van der Waals surface area contributed by atoms with Crippen LogP contribution in [0.25, 0.3) is 5.76 Å². The first-order chi connectivity index (χ1) is 16.5. The number of ketones is 2. The van der Waals surface area contributed by atoms with Gasteiger partial charge in [-0.2, -0.15) is 0 Å². The minimum absolute atomic E-state index is 0.0449. The molecule has 0 spiro atoms. The summed E-state index contributed by atoms with van der Waals surface area (Å²) in [5, 5.41) is 44.1. The zero-order chi connectivity index (χ0) is 25.8. The van der Waals surface area contributed by atoms with Gasteiger partial charge in [-0.25, -0.2) is 0 Å². The molecular weight excluding hydrogens is 452 g/mol. The number of Topliss-reactive ketones (excluding diaryl/α,β-unsaturated/α-hetero) is 2. The van der Waals surface area contributed by atoms with Crippen LogP contribution in [-0.4, -0.2) is 68.5 Å². The summed E-state index contributed by atoms with van der Waals surface area (Å²) in [6, 6.07) is 1.91. The molecule has 1 saturated carbocycles. The first-order valence-corrected chi connectivity index (χ1v) is 11.4. The van der Waals surface area contributed by atoms with Crippen LogP contribution in [0.1, 0.15) is 42.9 Å². The van der Waals surface area contributed by atoms with Crippen LogP contribution in [0, 0.1) is 23.7 Å². The Kier molecular flexibility index (Phi) is 5.99. The Hall–Kier alpha value is -3.61. The van der Waals surface area contributed by atoms with Gasteiger partial charge < -0.3 is 26.2 Å². The predicted octanol–water partition coefficient (Wildman–Crippen LogP) is 1.12. The van der Waals surface area contributed by atoms with Crippen LogP contribution in [0.15, 0.2) is 29.0 Å². The van der Waals surface area contributed by atoms with Gasteiger partial charge >= 0.3 is 0 Å². The van der Waals surface area contributed by atoms with Crippen molar-refractivity contribution in [3.63, 3.8) is 0 Å². The van der Waals surface area contributed by atoms with E-state index in [9.17, 15) is 34.8 Å². The summed E-state index contributed by atoms with van der Waals surface area (Å²) in [5.41, 5.74) is 2.89. The third-order valence-corrected chi connectivity index (χ3v) is 7.20. The first kappa shape index (κ1) is 24.5. The molecule has 184 valence electrons. The van der Waals surface area contributed by atoms with E-state index >= 15 is 0 Å². The van der Waals surface area contributed by atoms with E-state index in [2.05, 4.69) is 11.8 Å². The van der Waals surface area contributed by atoms with E-state index < -0.39 is 58.0 Å². The summed E-state index contributed by atoms with van der Waals surface area (Å²) in [4.78, 5) is 40.3. The van der Waals surface area contributed by atoms with Gasteiger partial charge in [0.2, 0.25) is 5.78 Å². The van der Waals surface area contributed by atoms with Crippen molar-refractivity contribution < 1.29 is 34.8 Å². The minimum atomic E-state index is -2.64. The number of aliphatic hydroxyl groups excluding tert-OH is 2. The normalized spacial score (nSPS) is 27.7. The monoisotopic (exact) mass is 480 g/mol. The third kappa shape index (κ3) is 3.44. The standard InChI is InChI=1S/C26H28N2O7/c1-4-5-6-7-12-8-9-16(29)18-14(12)10-13-11-15-20(28(2)3)22(31)19(25(27)34)24(33)26(15,35)23(32)17(13)21(18)30/h8-9,13,15,20,29-30,33,35H,4-5,10-11H2,1-3H3,(H2,27,34). The summed E-state index contributed by atoms with van der Waals surface area (Å²) >= 11 is 0. The lowest BCUT2D eigenvalue weighted by molar-refractivity contribution is -0.153. The van der Waals surface area contributed by atoms with Gasteiger partial charge in [0.1, 0.15) is 22.8 Å². The molecule has 9 heteroatoms. The van der Waals surface area contributed by atoms with E-state index in [0.29, 0.717) is 17.5 Å². The van der Waals surface area contributed by atoms with Gasteiger partial charge in [-0.3, -0.25) is 19.3 Å². The van der Waals surface area contributed by atoms with Crippen LogP contribution in [0.5, 0.6) is 5.75 Å². The number of likely N-dealkylation sites (N-methyl/N-ethyl adjacent to an activating group) is 1. The Morgan fingerprint density at radius 1 is 1.23 bits per heavy atom. The van der Waals surface area contributed by atoms with Crippen LogP contribution >= 0.6 is 0 Å². The molecule has 0 radical (unpaired) electrons. The Morgan fingerprint density at radius 2 is 1.91 bits per heavy atom. The number of benzene rings is 1. The molecule has 1 amide bonds. The molecule has 3 aliphatic carbocycles. The molecule has 1 fully saturated rings. The number of hydrogen-bond acceptors (Lipinski definition) is 8. The number of hydrogen-bond donors (Lipinski definition) is 5. The van der Waals surface area contributed by atoms with Crippen LogP contribution < -0.4 is 5.73 Å². The van der Waals surface area contributed by atoms with Gasteiger partial charge in [-0.05, 0) is 57.0 Å². The maximum absolute atomic E-state index is 13.7. The molecule has 1 aromatic carbocycles. The zero-order valence-corrected chi connectivity index (χ0v) is 19.8. The van der Waals surface area contributed by atoms with Crippen LogP contribution in [-0.2, 0) is 20.8 Å². The highest BCUT2D eigenvalue weighted by Gasteiger charge is 2.64. The zero-order valence-electron chi connectivity index (χ0n) is 19.8. The third-order valence-electron chi connectivity index (χ3n) is 7.20. The number of carbonyl (C=O) groups is 3. The van der Waals surface area contributed by atoms with E-state index in [0.717, 1.165) is 6.42 Å². The van der Waals surface area contributed by atoms with Gasteiger partial charge in [-0.1, -0.05) is 18.8 Å². The van der Waals surface area contributed by atoms with E-state index in [4.69, 9.17) is 5.73 Å². The molecule has 1 aromatic rings. The number of nitrogens with zero attached hydrogens (tertiary/aromatic N) is 1. The summed E-state index contributed by atoms with van der Waals surface area (Å²) in [6.45, 7) is 2.00. The highest BCUT2D eigenvalue weighted by molar-refractivity contribution is 6.24. The molecule has 0 aliphatic heterocycles. The topological polar surface area (TPSA) is 161 Å². The maximum Gasteiger partial charge on any atom is 0.255 e. The number of phenolic OH excluding ortho intramolecular Hbond substituents is 1. The van der Waals surface area contributed by atoms with E-state index in [-0.39, 0.29) is 29.7 Å². The lowest BCUT2D eigenvalue weighted by atomic mass is 9.57. The number of rotatable bonds is 3. The maximum atomic E-state index is 13.7. The molecule has 0 saturated heterocycles.